The lowest BCUT2D eigenvalue weighted by molar-refractivity contribution is -0.140. The molecule has 0 saturated carbocycles. The van der Waals surface area contributed by atoms with Gasteiger partial charge in [-0.1, -0.05) is 12.1 Å². The van der Waals surface area contributed by atoms with Crippen LogP contribution in [0.3, 0.4) is 0 Å². The molecule has 31 heavy (non-hydrogen) atoms. The molecule has 0 radical (unpaired) electrons. The Labute approximate surface area is 177 Å². The number of carbonyl (C=O) groups excluding carboxylic acids is 1. The van der Waals surface area contributed by atoms with E-state index in [4.69, 9.17) is 4.74 Å². The fraction of sp³-hybridized carbons (Fsp3) is 0.227. The summed E-state index contributed by atoms with van der Waals surface area (Å²) in [6.45, 7) is 1.19. The Bertz CT molecular complexity index is 1280. The summed E-state index contributed by atoms with van der Waals surface area (Å²) < 4.78 is 8.96. The van der Waals surface area contributed by atoms with Crippen molar-refractivity contribution < 1.29 is 9.53 Å². The highest BCUT2D eigenvalue weighted by atomic mass is 16.5. The van der Waals surface area contributed by atoms with Crippen molar-refractivity contribution in [1.82, 2.24) is 29.0 Å². The second-order valence-electron chi connectivity index (χ2n) is 7.30. The lowest BCUT2D eigenvalue weighted by Crippen LogP contribution is -2.44. The van der Waals surface area contributed by atoms with Crippen molar-refractivity contribution in [3.63, 3.8) is 0 Å². The molecule has 4 aromatic rings. The maximum absolute atomic E-state index is 12.7. The Kier molecular flexibility index (Phi) is 5.01. The summed E-state index contributed by atoms with van der Waals surface area (Å²) in [7, 11) is 0. The zero-order chi connectivity index (χ0) is 21.2. The van der Waals surface area contributed by atoms with Crippen LogP contribution in [0.4, 0.5) is 0 Å². The van der Waals surface area contributed by atoms with Gasteiger partial charge < -0.3 is 14.2 Å². The van der Waals surface area contributed by atoms with E-state index in [2.05, 4.69) is 15.1 Å². The standard InChI is InChI=1S/C22H20N6O3/c29-20-5-1-2-9-26(20)15-21(30)27-10-11-31-18(14-27)22-24-19-7-6-17(13-28(19)25-22)16-4-3-8-23-12-16/h1-9,12-13,18H,10-11,14-15H2. The number of aromatic nitrogens is 5. The Morgan fingerprint density at radius 1 is 1.13 bits per heavy atom. The van der Waals surface area contributed by atoms with E-state index < -0.39 is 6.10 Å². The molecule has 9 heteroatoms. The Balaban J connectivity index is 1.34. The lowest BCUT2D eigenvalue weighted by atomic mass is 10.1. The molecule has 0 aromatic carbocycles. The van der Waals surface area contributed by atoms with E-state index in [9.17, 15) is 9.59 Å². The number of pyridine rings is 3. The average Bonchev–Trinajstić information content (AvgIpc) is 3.25. The van der Waals surface area contributed by atoms with Gasteiger partial charge in [0, 0.05) is 48.5 Å². The molecule has 1 saturated heterocycles. The SMILES string of the molecule is O=C(Cn1ccccc1=O)N1CCOC(c2nc3ccc(-c4cccnc4)cn3n2)C1. The predicted molar refractivity (Wildman–Crippen MR) is 112 cm³/mol. The summed E-state index contributed by atoms with van der Waals surface area (Å²) in [4.78, 5) is 35.1. The van der Waals surface area contributed by atoms with Crippen LogP contribution in [-0.4, -0.2) is 54.7 Å². The monoisotopic (exact) mass is 416 g/mol. The van der Waals surface area contributed by atoms with Gasteiger partial charge >= 0.3 is 0 Å². The summed E-state index contributed by atoms with van der Waals surface area (Å²) in [5, 5.41) is 4.58. The molecule has 0 aliphatic carbocycles. The molecule has 1 fully saturated rings. The predicted octanol–water partition coefficient (Wildman–Crippen LogP) is 1.55. The molecule has 1 aliphatic heterocycles. The maximum atomic E-state index is 12.7. The zero-order valence-corrected chi connectivity index (χ0v) is 16.7. The first-order chi connectivity index (χ1) is 15.2. The molecule has 0 N–H and O–H groups in total. The van der Waals surface area contributed by atoms with E-state index in [1.165, 1.54) is 10.6 Å². The summed E-state index contributed by atoms with van der Waals surface area (Å²) in [5.74, 6) is 0.391. The zero-order valence-electron chi connectivity index (χ0n) is 16.7. The van der Waals surface area contributed by atoms with Crippen molar-refractivity contribution in [3.05, 3.63) is 83.4 Å². The van der Waals surface area contributed by atoms with E-state index in [-0.39, 0.29) is 18.0 Å². The number of rotatable bonds is 4. The second-order valence-corrected chi connectivity index (χ2v) is 7.30. The highest BCUT2D eigenvalue weighted by Crippen LogP contribution is 2.22. The number of hydrogen-bond donors (Lipinski definition) is 0. The number of ether oxygens (including phenoxy) is 1. The highest BCUT2D eigenvalue weighted by Gasteiger charge is 2.28. The van der Waals surface area contributed by atoms with Crippen LogP contribution < -0.4 is 5.56 Å². The molecular weight excluding hydrogens is 396 g/mol. The van der Waals surface area contributed by atoms with Crippen LogP contribution in [0.25, 0.3) is 16.8 Å². The fourth-order valence-electron chi connectivity index (χ4n) is 3.61. The molecule has 5 heterocycles. The van der Waals surface area contributed by atoms with E-state index >= 15 is 0 Å². The largest absolute Gasteiger partial charge is 0.366 e. The van der Waals surface area contributed by atoms with Crippen LogP contribution in [0.5, 0.6) is 0 Å². The average molecular weight is 416 g/mol. The van der Waals surface area contributed by atoms with Gasteiger partial charge in [-0.25, -0.2) is 9.50 Å². The summed E-state index contributed by atoms with van der Waals surface area (Å²) in [6.07, 6.45) is 6.62. The van der Waals surface area contributed by atoms with Gasteiger partial charge in [0.15, 0.2) is 11.5 Å². The first kappa shape index (κ1) is 19.1. The topological polar surface area (TPSA) is 94.6 Å². The normalized spacial score (nSPS) is 16.5. The summed E-state index contributed by atoms with van der Waals surface area (Å²) in [5.41, 5.74) is 2.47. The molecule has 5 rings (SSSR count). The van der Waals surface area contributed by atoms with Gasteiger partial charge in [0.2, 0.25) is 5.91 Å². The number of hydrogen-bond acceptors (Lipinski definition) is 6. The second kappa shape index (κ2) is 8.11. The van der Waals surface area contributed by atoms with Crippen molar-refractivity contribution >= 4 is 11.6 Å². The van der Waals surface area contributed by atoms with Gasteiger partial charge in [0.1, 0.15) is 12.6 Å². The highest BCUT2D eigenvalue weighted by molar-refractivity contribution is 5.76. The van der Waals surface area contributed by atoms with Gasteiger partial charge in [-0.05, 0) is 24.3 Å². The van der Waals surface area contributed by atoms with Crippen molar-refractivity contribution in [2.45, 2.75) is 12.6 Å². The molecule has 1 amide bonds. The minimum Gasteiger partial charge on any atom is -0.366 e. The molecule has 0 spiro atoms. The molecule has 1 unspecified atom stereocenters. The summed E-state index contributed by atoms with van der Waals surface area (Å²) in [6, 6.07) is 12.6. The van der Waals surface area contributed by atoms with Gasteiger partial charge in [-0.3, -0.25) is 14.6 Å². The third-order valence-electron chi connectivity index (χ3n) is 5.25. The molecule has 1 atom stereocenters. The smallest absolute Gasteiger partial charge is 0.250 e. The molecule has 1 aliphatic rings. The van der Waals surface area contributed by atoms with Crippen LogP contribution >= 0.6 is 0 Å². The lowest BCUT2D eigenvalue weighted by Gasteiger charge is -2.31. The van der Waals surface area contributed by atoms with Crippen molar-refractivity contribution in [1.29, 1.82) is 0 Å². The number of morpholine rings is 1. The summed E-state index contributed by atoms with van der Waals surface area (Å²) >= 11 is 0. The van der Waals surface area contributed by atoms with Crippen molar-refractivity contribution in [2.24, 2.45) is 0 Å². The molecule has 4 aromatic heterocycles. The van der Waals surface area contributed by atoms with Crippen LogP contribution in [0.15, 0.2) is 72.0 Å². The van der Waals surface area contributed by atoms with Crippen LogP contribution in [0.2, 0.25) is 0 Å². The quantitative estimate of drug-likeness (QED) is 0.501. The van der Waals surface area contributed by atoms with Gasteiger partial charge in [-0.15, -0.1) is 5.10 Å². The van der Waals surface area contributed by atoms with E-state index in [0.29, 0.717) is 31.2 Å². The van der Waals surface area contributed by atoms with E-state index in [0.717, 1.165) is 11.1 Å². The first-order valence-electron chi connectivity index (χ1n) is 9.99. The maximum Gasteiger partial charge on any atom is 0.250 e. The first-order valence-corrected chi connectivity index (χ1v) is 9.99. The van der Waals surface area contributed by atoms with Crippen molar-refractivity contribution in [2.75, 3.05) is 19.7 Å². The molecular formula is C22H20N6O3. The third kappa shape index (κ3) is 3.95. The number of carbonyl (C=O) groups is 1. The number of fused-ring (bicyclic) bond motifs is 1. The van der Waals surface area contributed by atoms with Gasteiger partial charge in [0.25, 0.3) is 5.56 Å². The minimum atomic E-state index is -0.424. The molecule has 156 valence electrons. The third-order valence-corrected chi connectivity index (χ3v) is 5.25. The Morgan fingerprint density at radius 3 is 2.90 bits per heavy atom. The van der Waals surface area contributed by atoms with Crippen LogP contribution in [-0.2, 0) is 16.1 Å². The Morgan fingerprint density at radius 2 is 2.06 bits per heavy atom. The minimum absolute atomic E-state index is 0.000537. The van der Waals surface area contributed by atoms with Gasteiger partial charge in [-0.2, -0.15) is 0 Å². The number of amides is 1. The Hall–Kier alpha value is -3.85. The number of nitrogens with zero attached hydrogens (tertiary/aromatic N) is 6. The van der Waals surface area contributed by atoms with E-state index in [1.54, 1.807) is 40.1 Å². The van der Waals surface area contributed by atoms with Crippen LogP contribution in [0.1, 0.15) is 11.9 Å². The fourth-order valence-corrected chi connectivity index (χ4v) is 3.61. The van der Waals surface area contributed by atoms with Crippen LogP contribution in [0, 0.1) is 0 Å². The molecule has 0 bridgehead atoms. The van der Waals surface area contributed by atoms with E-state index in [1.807, 2.05) is 30.5 Å². The van der Waals surface area contributed by atoms with Gasteiger partial charge in [0.05, 0.1) is 13.2 Å². The molecule has 9 nitrogen and oxygen atoms in total. The van der Waals surface area contributed by atoms with Crippen molar-refractivity contribution in [3.8, 4) is 11.1 Å².